The highest BCUT2D eigenvalue weighted by Gasteiger charge is 2.45. The van der Waals surface area contributed by atoms with Crippen molar-refractivity contribution in [1.82, 2.24) is 29.8 Å². The Labute approximate surface area is 185 Å². The first kappa shape index (κ1) is 19.3. The van der Waals surface area contributed by atoms with Gasteiger partial charge in [0.1, 0.15) is 11.2 Å². The van der Waals surface area contributed by atoms with E-state index in [0.29, 0.717) is 27.5 Å². The van der Waals surface area contributed by atoms with Crippen molar-refractivity contribution in [3.63, 3.8) is 0 Å². The number of nitrogens with one attached hydrogen (secondary N) is 1. The molecule has 0 aromatic carbocycles. The summed E-state index contributed by atoms with van der Waals surface area (Å²) in [7, 11) is 0. The van der Waals surface area contributed by atoms with E-state index in [-0.39, 0.29) is 29.0 Å². The Bertz CT molecular complexity index is 1420. The number of aliphatic imine (C=N–C) groups is 1. The van der Waals surface area contributed by atoms with Crippen LogP contribution in [0.15, 0.2) is 29.5 Å². The maximum absolute atomic E-state index is 14.7. The molecule has 11 heteroatoms. The Morgan fingerprint density at radius 3 is 2.91 bits per heavy atom. The van der Waals surface area contributed by atoms with Gasteiger partial charge < -0.3 is 5.11 Å². The first-order valence-electron chi connectivity index (χ1n) is 10.4. The number of fused-ring (bicyclic) bond motifs is 5. The molecule has 0 amide bonds. The van der Waals surface area contributed by atoms with Crippen LogP contribution in [-0.2, 0) is 4.79 Å². The minimum atomic E-state index is -0.889. The summed E-state index contributed by atoms with van der Waals surface area (Å²) < 4.78 is 16.0. The lowest BCUT2D eigenvalue weighted by Crippen LogP contribution is -2.44. The number of pyridine rings is 1. The molecule has 3 aliphatic carbocycles. The number of hydrogen-bond acceptors (Lipinski definition) is 6. The number of H-pyrrole nitrogens is 1. The normalized spacial score (nSPS) is 24.1. The Kier molecular flexibility index (Phi) is 4.26. The van der Waals surface area contributed by atoms with Crippen LogP contribution >= 0.6 is 11.6 Å². The smallest absolute Gasteiger partial charge is 0.312 e. The quantitative estimate of drug-likeness (QED) is 0.482. The standard InChI is InChI=1S/C21H17ClFN7O2/c22-11-7-12-16(27-28-18(12)24-8-11)19-26-20(17-13(23)5-6-30(17)29-19)25-15-10-3-1-9(2-4-10)14(15)21(31)32/h5-10,14H,1-4H2,(H,31,32)(H,24,27,28)/t9?,10?,14-/m0/s1. The molecule has 0 aliphatic heterocycles. The lowest BCUT2D eigenvalue weighted by atomic mass is 9.63. The molecule has 1 atom stereocenters. The molecule has 2 bridgehead atoms. The molecule has 9 nitrogen and oxygen atoms in total. The highest BCUT2D eigenvalue weighted by molar-refractivity contribution is 6.31. The number of carboxylic acid groups (broad SMARTS) is 1. The number of rotatable bonds is 3. The molecule has 3 fully saturated rings. The van der Waals surface area contributed by atoms with E-state index >= 15 is 0 Å². The molecule has 0 radical (unpaired) electrons. The molecular weight excluding hydrogens is 437 g/mol. The van der Waals surface area contributed by atoms with Gasteiger partial charge in [0, 0.05) is 18.1 Å². The lowest BCUT2D eigenvalue weighted by Gasteiger charge is -2.41. The van der Waals surface area contributed by atoms with Gasteiger partial charge in [-0.1, -0.05) is 11.6 Å². The van der Waals surface area contributed by atoms with E-state index in [1.54, 1.807) is 6.07 Å². The third-order valence-corrected chi connectivity index (χ3v) is 6.73. The van der Waals surface area contributed by atoms with E-state index in [1.165, 1.54) is 23.0 Å². The molecule has 32 heavy (non-hydrogen) atoms. The molecule has 2 N–H and O–H groups in total. The van der Waals surface area contributed by atoms with Crippen LogP contribution in [0.1, 0.15) is 25.7 Å². The molecule has 4 aromatic rings. The summed E-state index contributed by atoms with van der Waals surface area (Å²) in [4.78, 5) is 25.4. The van der Waals surface area contributed by atoms with E-state index in [1.807, 2.05) is 0 Å². The van der Waals surface area contributed by atoms with E-state index in [0.717, 1.165) is 25.7 Å². The van der Waals surface area contributed by atoms with Crippen molar-refractivity contribution >= 4 is 45.6 Å². The Morgan fingerprint density at radius 1 is 1.31 bits per heavy atom. The summed E-state index contributed by atoms with van der Waals surface area (Å²) in [6.45, 7) is 0. The monoisotopic (exact) mass is 453 g/mol. The fraction of sp³-hybridized carbons (Fsp3) is 0.333. The number of carboxylic acids is 1. The number of aromatic amines is 1. The van der Waals surface area contributed by atoms with Gasteiger partial charge in [-0.2, -0.15) is 5.10 Å². The third-order valence-electron chi connectivity index (χ3n) is 6.52. The van der Waals surface area contributed by atoms with Crippen LogP contribution < -0.4 is 0 Å². The van der Waals surface area contributed by atoms with Gasteiger partial charge in [0.25, 0.3) is 0 Å². The van der Waals surface area contributed by atoms with E-state index in [2.05, 4.69) is 30.3 Å². The van der Waals surface area contributed by atoms with Crippen molar-refractivity contribution in [3.8, 4) is 11.5 Å². The zero-order valence-corrected chi connectivity index (χ0v) is 17.4. The number of aromatic nitrogens is 6. The average molecular weight is 454 g/mol. The second-order valence-electron chi connectivity index (χ2n) is 8.30. The molecule has 0 spiro atoms. The second kappa shape index (κ2) is 7.06. The van der Waals surface area contributed by atoms with E-state index < -0.39 is 17.7 Å². The lowest BCUT2D eigenvalue weighted by molar-refractivity contribution is -0.142. The zero-order chi connectivity index (χ0) is 22.0. The predicted molar refractivity (Wildman–Crippen MR) is 115 cm³/mol. The van der Waals surface area contributed by atoms with Gasteiger partial charge in [0.15, 0.2) is 17.3 Å². The first-order valence-corrected chi connectivity index (χ1v) is 10.7. The largest absolute Gasteiger partial charge is 0.481 e. The zero-order valence-electron chi connectivity index (χ0n) is 16.7. The fourth-order valence-corrected chi connectivity index (χ4v) is 5.21. The molecule has 7 rings (SSSR count). The van der Waals surface area contributed by atoms with Crippen LogP contribution in [0.4, 0.5) is 10.2 Å². The molecule has 0 saturated heterocycles. The average Bonchev–Trinajstić information content (AvgIpc) is 3.37. The Balaban J connectivity index is 1.57. The van der Waals surface area contributed by atoms with Crippen LogP contribution in [-0.4, -0.2) is 46.6 Å². The summed E-state index contributed by atoms with van der Waals surface area (Å²) in [6.07, 6.45) is 6.49. The van der Waals surface area contributed by atoms with Crippen molar-refractivity contribution in [2.75, 3.05) is 0 Å². The van der Waals surface area contributed by atoms with Crippen LogP contribution in [0.25, 0.3) is 28.1 Å². The van der Waals surface area contributed by atoms with Gasteiger partial charge in [-0.05, 0) is 49.7 Å². The first-order chi connectivity index (χ1) is 15.5. The minimum absolute atomic E-state index is 0.0509. The fourth-order valence-electron chi connectivity index (χ4n) is 5.05. The summed E-state index contributed by atoms with van der Waals surface area (Å²) in [5.41, 5.74) is 1.58. The Morgan fingerprint density at radius 2 is 2.12 bits per heavy atom. The van der Waals surface area contributed by atoms with Crippen LogP contribution in [0, 0.1) is 23.6 Å². The predicted octanol–water partition coefficient (Wildman–Crippen LogP) is 4.05. The highest BCUT2D eigenvalue weighted by atomic mass is 35.5. The minimum Gasteiger partial charge on any atom is -0.481 e. The summed E-state index contributed by atoms with van der Waals surface area (Å²) in [5.74, 6) is -1.64. The van der Waals surface area contributed by atoms with Gasteiger partial charge in [0.2, 0.25) is 5.82 Å². The number of hydrogen-bond donors (Lipinski definition) is 2. The van der Waals surface area contributed by atoms with Crippen LogP contribution in [0.5, 0.6) is 0 Å². The van der Waals surface area contributed by atoms with Gasteiger partial charge in [-0.25, -0.2) is 23.9 Å². The third kappa shape index (κ3) is 2.89. The van der Waals surface area contributed by atoms with Crippen molar-refractivity contribution in [2.45, 2.75) is 25.7 Å². The van der Waals surface area contributed by atoms with Crippen molar-refractivity contribution in [1.29, 1.82) is 0 Å². The number of halogens is 2. The number of nitrogens with zero attached hydrogens (tertiary/aromatic N) is 6. The molecule has 0 unspecified atom stereocenters. The second-order valence-corrected chi connectivity index (χ2v) is 8.74. The van der Waals surface area contributed by atoms with Crippen molar-refractivity contribution in [2.24, 2.45) is 22.7 Å². The van der Waals surface area contributed by atoms with Gasteiger partial charge in [0.05, 0.1) is 16.3 Å². The summed E-state index contributed by atoms with van der Waals surface area (Å²) >= 11 is 6.10. The molecular formula is C21H17ClFN7O2. The summed E-state index contributed by atoms with van der Waals surface area (Å²) in [6, 6.07) is 2.97. The SMILES string of the molecule is O=C(O)[C@@H]1C(=Nc2nc(-c3[nH]nc4ncc(Cl)cc34)nn3ccc(F)c23)C2CCC1CC2. The van der Waals surface area contributed by atoms with Crippen molar-refractivity contribution < 1.29 is 14.3 Å². The van der Waals surface area contributed by atoms with Crippen molar-refractivity contribution in [3.05, 3.63) is 35.4 Å². The maximum atomic E-state index is 14.7. The van der Waals surface area contributed by atoms with E-state index in [9.17, 15) is 14.3 Å². The van der Waals surface area contributed by atoms with Crippen LogP contribution in [0.3, 0.4) is 0 Å². The molecule has 4 aromatic heterocycles. The number of carbonyl (C=O) groups is 1. The highest BCUT2D eigenvalue weighted by Crippen LogP contribution is 2.44. The van der Waals surface area contributed by atoms with Gasteiger partial charge in [-0.3, -0.25) is 9.89 Å². The van der Waals surface area contributed by atoms with Crippen LogP contribution in [0.2, 0.25) is 5.02 Å². The van der Waals surface area contributed by atoms with Gasteiger partial charge >= 0.3 is 5.97 Å². The topological polar surface area (TPSA) is 121 Å². The molecule has 162 valence electrons. The summed E-state index contributed by atoms with van der Waals surface area (Å²) in [5, 5.41) is 22.3. The molecule has 3 saturated carbocycles. The van der Waals surface area contributed by atoms with Gasteiger partial charge in [-0.15, -0.1) is 5.10 Å². The van der Waals surface area contributed by atoms with E-state index in [4.69, 9.17) is 11.6 Å². The Hall–Kier alpha value is -3.40. The molecule has 3 aliphatic rings. The maximum Gasteiger partial charge on any atom is 0.312 e. The number of aliphatic carboxylic acids is 1. The molecule has 4 heterocycles.